The molecule has 108 valence electrons. The van der Waals surface area contributed by atoms with Gasteiger partial charge in [0, 0.05) is 6.92 Å². The van der Waals surface area contributed by atoms with Crippen LogP contribution in [0.15, 0.2) is 42.6 Å². The van der Waals surface area contributed by atoms with Crippen LogP contribution < -0.4 is 10.1 Å². The molecule has 0 aromatic heterocycles. The van der Waals surface area contributed by atoms with Crippen molar-refractivity contribution in [3.05, 3.63) is 48.2 Å². The Morgan fingerprint density at radius 2 is 2.29 bits per heavy atom. The van der Waals surface area contributed by atoms with Crippen molar-refractivity contribution in [1.82, 2.24) is 10.2 Å². The summed E-state index contributed by atoms with van der Waals surface area (Å²) in [5.74, 6) is -0.0594. The molecule has 1 aliphatic rings. The molecule has 1 aliphatic heterocycles. The van der Waals surface area contributed by atoms with Gasteiger partial charge in [-0.15, -0.1) is 0 Å². The summed E-state index contributed by atoms with van der Waals surface area (Å²) in [5.41, 5.74) is 0.936. The van der Waals surface area contributed by atoms with Gasteiger partial charge in [-0.2, -0.15) is 0 Å². The van der Waals surface area contributed by atoms with Crippen molar-refractivity contribution in [3.8, 4) is 5.75 Å². The molecule has 5 nitrogen and oxygen atoms in total. The van der Waals surface area contributed by atoms with Crippen molar-refractivity contribution >= 4 is 35.2 Å². The summed E-state index contributed by atoms with van der Waals surface area (Å²) in [5, 5.41) is 2.55. The van der Waals surface area contributed by atoms with Crippen molar-refractivity contribution in [1.29, 1.82) is 0 Å². The second-order valence-corrected chi connectivity index (χ2v) is 4.70. The molecule has 2 amide bonds. The standard InChI is InChI=1S/C15H14N2O3S/c1-3-7-20-12-6-4-5-11(8-12)9-13-14(19)16-15(21)17(13)10(2)18/h3-6,8-9H,1,7H2,2H3,(H,16,19,21)/b13-9-. The van der Waals surface area contributed by atoms with Crippen molar-refractivity contribution in [2.45, 2.75) is 6.92 Å². The molecule has 0 unspecified atom stereocenters. The zero-order valence-corrected chi connectivity index (χ0v) is 12.3. The van der Waals surface area contributed by atoms with Gasteiger partial charge < -0.3 is 4.74 Å². The number of rotatable bonds is 4. The highest BCUT2D eigenvalue weighted by atomic mass is 32.1. The number of nitrogens with one attached hydrogen (secondary N) is 1. The summed E-state index contributed by atoms with van der Waals surface area (Å²) in [4.78, 5) is 24.6. The number of carbonyl (C=O) groups excluding carboxylic acids is 2. The number of amides is 2. The molecule has 0 spiro atoms. The lowest BCUT2D eigenvalue weighted by molar-refractivity contribution is -0.125. The monoisotopic (exact) mass is 302 g/mol. The summed E-state index contributed by atoms with van der Waals surface area (Å²) in [6, 6.07) is 7.17. The number of ether oxygens (including phenoxy) is 1. The van der Waals surface area contributed by atoms with E-state index in [9.17, 15) is 9.59 Å². The molecule has 1 fully saturated rings. The van der Waals surface area contributed by atoms with E-state index in [2.05, 4.69) is 11.9 Å². The van der Waals surface area contributed by atoms with Crippen LogP contribution in [-0.4, -0.2) is 28.4 Å². The fraction of sp³-hybridized carbons (Fsp3) is 0.133. The quantitative estimate of drug-likeness (QED) is 0.524. The van der Waals surface area contributed by atoms with Crippen molar-refractivity contribution in [2.75, 3.05) is 6.61 Å². The molecule has 1 aromatic rings. The number of nitrogens with zero attached hydrogens (tertiary/aromatic N) is 1. The third-order valence-electron chi connectivity index (χ3n) is 2.74. The average molecular weight is 302 g/mol. The Morgan fingerprint density at radius 1 is 1.52 bits per heavy atom. The Hall–Kier alpha value is -2.47. The Balaban J connectivity index is 2.33. The van der Waals surface area contributed by atoms with E-state index in [1.165, 1.54) is 11.8 Å². The van der Waals surface area contributed by atoms with Crippen molar-refractivity contribution < 1.29 is 14.3 Å². The number of hydrogen-bond acceptors (Lipinski definition) is 4. The Morgan fingerprint density at radius 3 is 2.95 bits per heavy atom. The van der Waals surface area contributed by atoms with E-state index in [4.69, 9.17) is 17.0 Å². The van der Waals surface area contributed by atoms with Crippen LogP contribution in [0.4, 0.5) is 0 Å². The van der Waals surface area contributed by atoms with Crippen LogP contribution in [0.5, 0.6) is 5.75 Å². The highest BCUT2D eigenvalue weighted by molar-refractivity contribution is 7.80. The van der Waals surface area contributed by atoms with E-state index in [0.717, 1.165) is 5.56 Å². The summed E-state index contributed by atoms with van der Waals surface area (Å²) in [6.45, 7) is 5.32. The molecular weight excluding hydrogens is 288 g/mol. The van der Waals surface area contributed by atoms with E-state index >= 15 is 0 Å². The lowest BCUT2D eigenvalue weighted by atomic mass is 10.1. The zero-order valence-electron chi connectivity index (χ0n) is 11.5. The van der Waals surface area contributed by atoms with Gasteiger partial charge in [-0.25, -0.2) is 0 Å². The first-order valence-corrected chi connectivity index (χ1v) is 6.65. The third kappa shape index (κ3) is 3.35. The summed E-state index contributed by atoms with van der Waals surface area (Å²) >= 11 is 4.97. The van der Waals surface area contributed by atoms with Gasteiger partial charge in [0.05, 0.1) is 0 Å². The largest absolute Gasteiger partial charge is 0.490 e. The van der Waals surface area contributed by atoms with E-state index < -0.39 is 5.91 Å². The van der Waals surface area contributed by atoms with E-state index in [1.807, 2.05) is 0 Å². The number of carbonyl (C=O) groups is 2. The predicted molar refractivity (Wildman–Crippen MR) is 83.4 cm³/mol. The maximum atomic E-state index is 11.9. The van der Waals surface area contributed by atoms with Crippen LogP contribution in [-0.2, 0) is 9.59 Å². The van der Waals surface area contributed by atoms with Gasteiger partial charge >= 0.3 is 0 Å². The van der Waals surface area contributed by atoms with Gasteiger partial charge in [-0.1, -0.05) is 24.8 Å². The molecule has 1 aromatic carbocycles. The second kappa shape index (κ2) is 6.32. The second-order valence-electron chi connectivity index (χ2n) is 4.32. The van der Waals surface area contributed by atoms with Gasteiger partial charge in [-0.3, -0.25) is 19.8 Å². The number of benzene rings is 1. The van der Waals surface area contributed by atoms with E-state index in [0.29, 0.717) is 12.4 Å². The predicted octanol–water partition coefficient (Wildman–Crippen LogP) is 1.86. The molecule has 0 saturated carbocycles. The fourth-order valence-corrected chi connectivity index (χ4v) is 2.20. The minimum Gasteiger partial charge on any atom is -0.490 e. The van der Waals surface area contributed by atoms with Crippen LogP contribution in [0.2, 0.25) is 0 Å². The zero-order chi connectivity index (χ0) is 15.4. The first kappa shape index (κ1) is 14.9. The minimum absolute atomic E-state index is 0.0952. The van der Waals surface area contributed by atoms with Crippen LogP contribution in [0, 0.1) is 0 Å². The maximum Gasteiger partial charge on any atom is 0.274 e. The Bertz CT molecular complexity index is 652. The minimum atomic E-state index is -0.396. The summed E-state index contributed by atoms with van der Waals surface area (Å²) in [6.07, 6.45) is 3.24. The molecule has 1 saturated heterocycles. The molecule has 21 heavy (non-hydrogen) atoms. The van der Waals surface area contributed by atoms with Gasteiger partial charge in [0.15, 0.2) is 5.11 Å². The van der Waals surface area contributed by atoms with Gasteiger partial charge in [0.2, 0.25) is 5.91 Å². The van der Waals surface area contributed by atoms with Crippen LogP contribution in [0.3, 0.4) is 0 Å². The molecule has 2 rings (SSSR count). The van der Waals surface area contributed by atoms with Crippen LogP contribution >= 0.6 is 12.2 Å². The maximum absolute atomic E-state index is 11.9. The lowest BCUT2D eigenvalue weighted by Crippen LogP contribution is -2.31. The Labute approximate surface area is 127 Å². The van der Waals surface area contributed by atoms with Crippen LogP contribution in [0.25, 0.3) is 6.08 Å². The van der Waals surface area contributed by atoms with Crippen LogP contribution in [0.1, 0.15) is 12.5 Å². The van der Waals surface area contributed by atoms with Crippen molar-refractivity contribution in [3.63, 3.8) is 0 Å². The average Bonchev–Trinajstić information content (AvgIpc) is 2.71. The van der Waals surface area contributed by atoms with Gasteiger partial charge in [0.25, 0.3) is 5.91 Å². The smallest absolute Gasteiger partial charge is 0.274 e. The molecule has 0 bridgehead atoms. The Kier molecular flexibility index (Phi) is 4.49. The topological polar surface area (TPSA) is 58.6 Å². The SMILES string of the molecule is C=CCOc1cccc(/C=C2/C(=O)NC(=S)N2C(C)=O)c1. The molecular formula is C15H14N2O3S. The van der Waals surface area contributed by atoms with Gasteiger partial charge in [-0.05, 0) is 36.0 Å². The highest BCUT2D eigenvalue weighted by Crippen LogP contribution is 2.20. The highest BCUT2D eigenvalue weighted by Gasteiger charge is 2.32. The first-order valence-electron chi connectivity index (χ1n) is 6.24. The van der Waals surface area contributed by atoms with Gasteiger partial charge in [0.1, 0.15) is 18.1 Å². The van der Waals surface area contributed by atoms with E-state index in [1.54, 1.807) is 36.4 Å². The lowest BCUT2D eigenvalue weighted by Gasteiger charge is -2.12. The molecule has 0 aliphatic carbocycles. The molecule has 1 N–H and O–H groups in total. The third-order valence-corrected chi connectivity index (χ3v) is 3.03. The van der Waals surface area contributed by atoms with E-state index in [-0.39, 0.29) is 16.7 Å². The number of hydrogen-bond donors (Lipinski definition) is 1. The fourth-order valence-electron chi connectivity index (χ4n) is 1.88. The summed E-state index contributed by atoms with van der Waals surface area (Å²) in [7, 11) is 0. The first-order chi connectivity index (χ1) is 10.0. The number of thiocarbonyl (C=S) groups is 1. The molecule has 1 heterocycles. The molecule has 0 atom stereocenters. The normalized spacial score (nSPS) is 16.0. The molecule has 0 radical (unpaired) electrons. The summed E-state index contributed by atoms with van der Waals surface area (Å²) < 4.78 is 5.43. The van der Waals surface area contributed by atoms with Crippen molar-refractivity contribution in [2.24, 2.45) is 0 Å². The molecule has 6 heteroatoms.